The molecule has 0 bridgehead atoms. The molecule has 1 aromatic rings. The van der Waals surface area contributed by atoms with Gasteiger partial charge in [-0.25, -0.2) is 0 Å². The van der Waals surface area contributed by atoms with Crippen LogP contribution < -0.4 is 11.1 Å². The van der Waals surface area contributed by atoms with E-state index in [0.29, 0.717) is 19.5 Å². The van der Waals surface area contributed by atoms with Crippen LogP contribution >= 0.6 is 28.3 Å². The zero-order valence-corrected chi connectivity index (χ0v) is 12.6. The summed E-state index contributed by atoms with van der Waals surface area (Å²) in [7, 11) is 1.55. The van der Waals surface area contributed by atoms with Crippen LogP contribution in [0.15, 0.2) is 28.7 Å². The molecule has 3 N–H and O–H groups in total. The molecule has 0 fully saturated rings. The molecule has 0 saturated carbocycles. The van der Waals surface area contributed by atoms with Gasteiger partial charge in [0.1, 0.15) is 0 Å². The van der Waals surface area contributed by atoms with Crippen LogP contribution in [0.5, 0.6) is 0 Å². The lowest BCUT2D eigenvalue weighted by atomic mass is 10.2. The van der Waals surface area contributed by atoms with Crippen molar-refractivity contribution in [2.45, 2.75) is 19.1 Å². The molecule has 4 nitrogen and oxygen atoms in total. The Morgan fingerprint density at radius 2 is 2.28 bits per heavy atom. The second-order valence-corrected chi connectivity index (χ2v) is 4.62. The summed E-state index contributed by atoms with van der Waals surface area (Å²) in [5.74, 6) is -0.0534. The normalized spacial score (nSPS) is 11.5. The molecular weight excluding hydrogens is 320 g/mol. The molecule has 0 saturated heterocycles. The van der Waals surface area contributed by atoms with Gasteiger partial charge >= 0.3 is 0 Å². The summed E-state index contributed by atoms with van der Waals surface area (Å²) >= 11 is 3.38. The van der Waals surface area contributed by atoms with Crippen molar-refractivity contribution in [2.24, 2.45) is 5.73 Å². The van der Waals surface area contributed by atoms with Crippen LogP contribution in [0.25, 0.3) is 0 Å². The molecule has 6 heteroatoms. The predicted octanol–water partition coefficient (Wildman–Crippen LogP) is 1.85. The second-order valence-electron chi connectivity index (χ2n) is 3.70. The van der Waals surface area contributed by atoms with Crippen LogP contribution in [-0.2, 0) is 16.1 Å². The third kappa shape index (κ3) is 6.35. The standard InChI is InChI=1S/C12H17BrN2O2.ClH/c1-17-11(7-14)6-12(16)15-8-9-3-2-4-10(13)5-9;/h2-5,11H,6-8,14H2,1H3,(H,15,16);1H. The van der Waals surface area contributed by atoms with E-state index in [0.717, 1.165) is 10.0 Å². The number of hydrogen-bond acceptors (Lipinski definition) is 3. The van der Waals surface area contributed by atoms with E-state index < -0.39 is 0 Å². The first kappa shape index (κ1) is 17.4. The fourth-order valence-electron chi connectivity index (χ4n) is 1.39. The number of nitrogens with one attached hydrogen (secondary N) is 1. The number of carbonyl (C=O) groups excluding carboxylic acids is 1. The Kier molecular flexibility index (Phi) is 9.01. The predicted molar refractivity (Wildman–Crippen MR) is 77.7 cm³/mol. The van der Waals surface area contributed by atoms with Gasteiger partial charge in [-0.3, -0.25) is 4.79 Å². The molecule has 0 aliphatic heterocycles. The summed E-state index contributed by atoms with van der Waals surface area (Å²) in [6.45, 7) is 0.861. The minimum atomic E-state index is -0.211. The molecule has 1 aromatic carbocycles. The van der Waals surface area contributed by atoms with E-state index in [1.165, 1.54) is 0 Å². The fraction of sp³-hybridized carbons (Fsp3) is 0.417. The van der Waals surface area contributed by atoms with Gasteiger partial charge in [0.15, 0.2) is 0 Å². The largest absolute Gasteiger partial charge is 0.380 e. The lowest BCUT2D eigenvalue weighted by Gasteiger charge is -2.12. The molecule has 1 rings (SSSR count). The average molecular weight is 338 g/mol. The number of rotatable bonds is 6. The summed E-state index contributed by atoms with van der Waals surface area (Å²) < 4.78 is 6.05. The minimum Gasteiger partial charge on any atom is -0.380 e. The number of amides is 1. The summed E-state index contributed by atoms with van der Waals surface area (Å²) in [6, 6.07) is 7.81. The molecule has 0 spiro atoms. The highest BCUT2D eigenvalue weighted by Gasteiger charge is 2.10. The van der Waals surface area contributed by atoms with Gasteiger partial charge < -0.3 is 15.8 Å². The minimum absolute atomic E-state index is 0. The molecule has 18 heavy (non-hydrogen) atoms. The maximum atomic E-state index is 11.6. The number of nitrogens with two attached hydrogens (primary N) is 1. The highest BCUT2D eigenvalue weighted by Crippen LogP contribution is 2.11. The molecular formula is C12H18BrClN2O2. The maximum Gasteiger partial charge on any atom is 0.222 e. The Bertz CT molecular complexity index is 373. The Morgan fingerprint density at radius 1 is 1.56 bits per heavy atom. The Morgan fingerprint density at radius 3 is 2.83 bits per heavy atom. The van der Waals surface area contributed by atoms with Gasteiger partial charge in [0, 0.05) is 24.7 Å². The lowest BCUT2D eigenvalue weighted by Crippen LogP contribution is -2.31. The van der Waals surface area contributed by atoms with E-state index in [-0.39, 0.29) is 24.4 Å². The smallest absolute Gasteiger partial charge is 0.222 e. The van der Waals surface area contributed by atoms with E-state index >= 15 is 0 Å². The summed E-state index contributed by atoms with van der Waals surface area (Å²) in [5.41, 5.74) is 6.50. The first-order valence-electron chi connectivity index (χ1n) is 5.39. The third-order valence-electron chi connectivity index (χ3n) is 2.39. The van der Waals surface area contributed by atoms with Gasteiger partial charge in [-0.2, -0.15) is 0 Å². The molecule has 1 unspecified atom stereocenters. The number of ether oxygens (including phenoxy) is 1. The molecule has 0 aliphatic rings. The topological polar surface area (TPSA) is 64.3 Å². The van der Waals surface area contributed by atoms with Gasteiger partial charge in [0.05, 0.1) is 12.5 Å². The monoisotopic (exact) mass is 336 g/mol. The van der Waals surface area contributed by atoms with Gasteiger partial charge in [0.25, 0.3) is 0 Å². The van der Waals surface area contributed by atoms with Crippen LogP contribution in [0.4, 0.5) is 0 Å². The zero-order valence-electron chi connectivity index (χ0n) is 10.2. The van der Waals surface area contributed by atoms with E-state index in [9.17, 15) is 4.79 Å². The second kappa shape index (κ2) is 9.33. The van der Waals surface area contributed by atoms with Gasteiger partial charge in [-0.15, -0.1) is 12.4 Å². The van der Waals surface area contributed by atoms with Crippen molar-refractivity contribution in [3.05, 3.63) is 34.3 Å². The van der Waals surface area contributed by atoms with Crippen LogP contribution in [0, 0.1) is 0 Å². The number of methoxy groups -OCH3 is 1. The van der Waals surface area contributed by atoms with Crippen molar-refractivity contribution in [2.75, 3.05) is 13.7 Å². The van der Waals surface area contributed by atoms with Crippen molar-refractivity contribution < 1.29 is 9.53 Å². The van der Waals surface area contributed by atoms with Gasteiger partial charge in [-0.05, 0) is 17.7 Å². The Hall–Kier alpha value is -0.620. The number of halogens is 2. The third-order valence-corrected chi connectivity index (χ3v) is 2.88. The Labute approximate surface area is 122 Å². The van der Waals surface area contributed by atoms with E-state index in [4.69, 9.17) is 10.5 Å². The van der Waals surface area contributed by atoms with Crippen molar-refractivity contribution in [1.29, 1.82) is 0 Å². The molecule has 0 aliphatic carbocycles. The molecule has 0 radical (unpaired) electrons. The number of hydrogen-bond donors (Lipinski definition) is 2. The molecule has 1 amide bonds. The maximum absolute atomic E-state index is 11.6. The molecule has 0 aromatic heterocycles. The lowest BCUT2D eigenvalue weighted by molar-refractivity contribution is -0.123. The van der Waals surface area contributed by atoms with Crippen LogP contribution in [0.2, 0.25) is 0 Å². The summed E-state index contributed by atoms with van der Waals surface area (Å²) in [6.07, 6.45) is 0.0820. The number of benzene rings is 1. The van der Waals surface area contributed by atoms with Gasteiger partial charge in [0.2, 0.25) is 5.91 Å². The zero-order chi connectivity index (χ0) is 12.7. The van der Waals surface area contributed by atoms with E-state index in [1.54, 1.807) is 7.11 Å². The molecule has 1 atom stereocenters. The highest BCUT2D eigenvalue weighted by molar-refractivity contribution is 9.10. The summed E-state index contributed by atoms with van der Waals surface area (Å²) in [5, 5.41) is 2.83. The first-order valence-corrected chi connectivity index (χ1v) is 6.19. The molecule has 0 heterocycles. The summed E-state index contributed by atoms with van der Waals surface area (Å²) in [4.78, 5) is 11.6. The van der Waals surface area contributed by atoms with Crippen molar-refractivity contribution >= 4 is 34.2 Å². The van der Waals surface area contributed by atoms with Gasteiger partial charge in [-0.1, -0.05) is 28.1 Å². The van der Waals surface area contributed by atoms with E-state index in [2.05, 4.69) is 21.2 Å². The van der Waals surface area contributed by atoms with E-state index in [1.807, 2.05) is 24.3 Å². The van der Waals surface area contributed by atoms with Crippen molar-refractivity contribution in [1.82, 2.24) is 5.32 Å². The van der Waals surface area contributed by atoms with Crippen LogP contribution in [0.3, 0.4) is 0 Å². The van der Waals surface area contributed by atoms with Crippen molar-refractivity contribution in [3.63, 3.8) is 0 Å². The van der Waals surface area contributed by atoms with Crippen molar-refractivity contribution in [3.8, 4) is 0 Å². The average Bonchev–Trinajstić information content (AvgIpc) is 2.33. The molecule has 102 valence electrons. The number of carbonyl (C=O) groups is 1. The highest BCUT2D eigenvalue weighted by atomic mass is 79.9. The van der Waals surface area contributed by atoms with Crippen LogP contribution in [-0.4, -0.2) is 25.7 Å². The van der Waals surface area contributed by atoms with Crippen LogP contribution in [0.1, 0.15) is 12.0 Å². The quantitative estimate of drug-likeness (QED) is 0.832. The fourth-order valence-corrected chi connectivity index (χ4v) is 1.84. The first-order chi connectivity index (χ1) is 8.15. The SMILES string of the molecule is COC(CN)CC(=O)NCc1cccc(Br)c1.Cl. The Balaban J connectivity index is 0.00000289.